The highest BCUT2D eigenvalue weighted by Gasteiger charge is 2.16. The second kappa shape index (κ2) is 5.25. The average Bonchev–Trinajstić information content (AvgIpc) is 2.16. The van der Waals surface area contributed by atoms with E-state index in [-0.39, 0.29) is 5.41 Å². The lowest BCUT2D eigenvalue weighted by Crippen LogP contribution is -2.20. The van der Waals surface area contributed by atoms with Crippen LogP contribution in [0.4, 0.5) is 0 Å². The van der Waals surface area contributed by atoms with Gasteiger partial charge in [0.05, 0.1) is 12.4 Å². The molecule has 0 saturated carbocycles. The number of hydrogen-bond donors (Lipinski definition) is 0. The molecule has 4 nitrogen and oxygen atoms in total. The Balaban J connectivity index is 2.52. The van der Waals surface area contributed by atoms with Crippen molar-refractivity contribution < 1.29 is 4.74 Å². The van der Waals surface area contributed by atoms with Gasteiger partial charge in [-0.2, -0.15) is 0 Å². The lowest BCUT2D eigenvalue weighted by molar-refractivity contribution is 0.259. The Kier molecular flexibility index (Phi) is 4.24. The maximum atomic E-state index is 5.52. The molecule has 0 amide bonds. The zero-order valence-corrected chi connectivity index (χ0v) is 10.8. The Morgan fingerprint density at radius 1 is 1.19 bits per heavy atom. The Hall–Kier alpha value is -1.16. The molecule has 0 aromatic carbocycles. The third kappa shape index (κ3) is 4.14. The van der Waals surface area contributed by atoms with Gasteiger partial charge in [-0.1, -0.05) is 20.8 Å². The first-order valence-electron chi connectivity index (χ1n) is 5.49. The highest BCUT2D eigenvalue weighted by molar-refractivity contribution is 5.14. The van der Waals surface area contributed by atoms with Crippen LogP contribution in [-0.2, 0) is 5.41 Å². The molecule has 4 heteroatoms. The molecule has 1 aromatic heterocycles. The summed E-state index contributed by atoms with van der Waals surface area (Å²) in [5, 5.41) is 0. The van der Waals surface area contributed by atoms with Crippen LogP contribution in [0.25, 0.3) is 0 Å². The summed E-state index contributed by atoms with van der Waals surface area (Å²) in [6.45, 7) is 7.82. The van der Waals surface area contributed by atoms with Crippen molar-refractivity contribution >= 4 is 0 Å². The molecule has 16 heavy (non-hydrogen) atoms. The normalized spacial score (nSPS) is 11.9. The predicted molar refractivity (Wildman–Crippen MR) is 64.8 cm³/mol. The van der Waals surface area contributed by atoms with Gasteiger partial charge in [-0.15, -0.1) is 0 Å². The first-order valence-corrected chi connectivity index (χ1v) is 5.49. The monoisotopic (exact) mass is 223 g/mol. The van der Waals surface area contributed by atoms with E-state index in [0.717, 1.165) is 18.1 Å². The van der Waals surface area contributed by atoms with Crippen LogP contribution in [0.15, 0.2) is 12.4 Å². The fraction of sp³-hybridized carbons (Fsp3) is 0.667. The lowest BCUT2D eigenvalue weighted by Gasteiger charge is -2.16. The molecular weight excluding hydrogens is 202 g/mol. The van der Waals surface area contributed by atoms with Gasteiger partial charge >= 0.3 is 0 Å². The zero-order valence-electron chi connectivity index (χ0n) is 10.8. The summed E-state index contributed by atoms with van der Waals surface area (Å²) in [5.41, 5.74) is -0.0117. The van der Waals surface area contributed by atoms with E-state index in [0.29, 0.717) is 6.61 Å². The standard InChI is InChI=1S/C12H21N3O/c1-12(2,3)11-13-8-10(9-14-11)16-7-6-15(4)5/h8-9H,6-7H2,1-5H3. The minimum Gasteiger partial charge on any atom is -0.489 e. The molecule has 0 radical (unpaired) electrons. The van der Waals surface area contributed by atoms with Crippen LogP contribution in [0.2, 0.25) is 0 Å². The molecule has 1 rings (SSSR count). The molecule has 0 saturated heterocycles. The maximum Gasteiger partial charge on any atom is 0.155 e. The number of ether oxygens (including phenoxy) is 1. The van der Waals surface area contributed by atoms with Gasteiger partial charge in [0.15, 0.2) is 5.75 Å². The minimum absolute atomic E-state index is 0.0117. The van der Waals surface area contributed by atoms with Crippen LogP contribution in [0.1, 0.15) is 26.6 Å². The second-order valence-corrected chi connectivity index (χ2v) is 5.14. The molecule has 0 fully saturated rings. The fourth-order valence-electron chi connectivity index (χ4n) is 1.12. The van der Waals surface area contributed by atoms with E-state index < -0.39 is 0 Å². The zero-order chi connectivity index (χ0) is 12.2. The first-order chi connectivity index (χ1) is 7.39. The van der Waals surface area contributed by atoms with E-state index in [1.165, 1.54) is 0 Å². The first kappa shape index (κ1) is 12.9. The molecule has 0 aliphatic carbocycles. The number of likely N-dealkylation sites (N-methyl/N-ethyl adjacent to an activating group) is 1. The summed E-state index contributed by atoms with van der Waals surface area (Å²) in [7, 11) is 4.03. The van der Waals surface area contributed by atoms with E-state index in [1.807, 2.05) is 14.1 Å². The van der Waals surface area contributed by atoms with Crippen molar-refractivity contribution in [2.45, 2.75) is 26.2 Å². The van der Waals surface area contributed by atoms with Crippen LogP contribution in [-0.4, -0.2) is 42.1 Å². The van der Waals surface area contributed by atoms with Gasteiger partial charge in [-0.3, -0.25) is 0 Å². The summed E-state index contributed by atoms with van der Waals surface area (Å²) < 4.78 is 5.52. The van der Waals surface area contributed by atoms with Crippen LogP contribution in [0.5, 0.6) is 5.75 Å². The molecule has 0 aliphatic heterocycles. The van der Waals surface area contributed by atoms with Crippen molar-refractivity contribution in [3.05, 3.63) is 18.2 Å². The van der Waals surface area contributed by atoms with Crippen LogP contribution in [0, 0.1) is 0 Å². The summed E-state index contributed by atoms with van der Waals surface area (Å²) in [6, 6.07) is 0. The van der Waals surface area contributed by atoms with E-state index in [1.54, 1.807) is 12.4 Å². The van der Waals surface area contributed by atoms with Gasteiger partial charge < -0.3 is 9.64 Å². The third-order valence-electron chi connectivity index (χ3n) is 2.11. The van der Waals surface area contributed by atoms with Crippen molar-refractivity contribution in [3.8, 4) is 5.75 Å². The van der Waals surface area contributed by atoms with Crippen LogP contribution in [0.3, 0.4) is 0 Å². The summed E-state index contributed by atoms with van der Waals surface area (Å²) in [5.74, 6) is 1.57. The van der Waals surface area contributed by atoms with Crippen molar-refractivity contribution in [1.29, 1.82) is 0 Å². The second-order valence-electron chi connectivity index (χ2n) is 5.14. The van der Waals surface area contributed by atoms with Crippen LogP contribution >= 0.6 is 0 Å². The Bertz CT molecular complexity index is 314. The van der Waals surface area contributed by atoms with Gasteiger partial charge in [0, 0.05) is 12.0 Å². The Labute approximate surface area is 97.7 Å². The minimum atomic E-state index is -0.0117. The van der Waals surface area contributed by atoms with Crippen molar-refractivity contribution in [2.75, 3.05) is 27.2 Å². The molecule has 90 valence electrons. The van der Waals surface area contributed by atoms with Gasteiger partial charge in [0.2, 0.25) is 0 Å². The molecule has 0 unspecified atom stereocenters. The number of rotatable bonds is 4. The van der Waals surface area contributed by atoms with E-state index >= 15 is 0 Å². The summed E-state index contributed by atoms with van der Waals surface area (Å²) in [4.78, 5) is 10.7. The van der Waals surface area contributed by atoms with Crippen molar-refractivity contribution in [2.24, 2.45) is 0 Å². The highest BCUT2D eigenvalue weighted by atomic mass is 16.5. The molecule has 0 spiro atoms. The van der Waals surface area contributed by atoms with E-state index in [2.05, 4.69) is 35.6 Å². The fourth-order valence-corrected chi connectivity index (χ4v) is 1.12. The van der Waals surface area contributed by atoms with Gasteiger partial charge in [0.1, 0.15) is 12.4 Å². The lowest BCUT2D eigenvalue weighted by atomic mass is 9.96. The summed E-state index contributed by atoms with van der Waals surface area (Å²) in [6.07, 6.45) is 3.48. The average molecular weight is 223 g/mol. The molecule has 1 aromatic rings. The number of nitrogens with zero attached hydrogens (tertiary/aromatic N) is 3. The van der Waals surface area contributed by atoms with E-state index in [9.17, 15) is 0 Å². The third-order valence-corrected chi connectivity index (χ3v) is 2.11. The summed E-state index contributed by atoms with van der Waals surface area (Å²) >= 11 is 0. The quantitative estimate of drug-likeness (QED) is 0.779. The van der Waals surface area contributed by atoms with Crippen LogP contribution < -0.4 is 4.74 Å². The topological polar surface area (TPSA) is 38.2 Å². The van der Waals surface area contributed by atoms with Gasteiger partial charge in [-0.25, -0.2) is 9.97 Å². The smallest absolute Gasteiger partial charge is 0.155 e. The number of aromatic nitrogens is 2. The molecule has 0 N–H and O–H groups in total. The molecule has 0 atom stereocenters. The van der Waals surface area contributed by atoms with Crippen molar-refractivity contribution in [1.82, 2.24) is 14.9 Å². The van der Waals surface area contributed by atoms with Gasteiger partial charge in [-0.05, 0) is 14.1 Å². The Morgan fingerprint density at radius 2 is 1.75 bits per heavy atom. The molecule has 0 bridgehead atoms. The largest absolute Gasteiger partial charge is 0.489 e. The highest BCUT2D eigenvalue weighted by Crippen LogP contribution is 2.18. The maximum absolute atomic E-state index is 5.52. The van der Waals surface area contributed by atoms with Gasteiger partial charge in [0.25, 0.3) is 0 Å². The molecular formula is C12H21N3O. The molecule has 1 heterocycles. The van der Waals surface area contributed by atoms with Crippen molar-refractivity contribution in [3.63, 3.8) is 0 Å². The predicted octanol–water partition coefficient (Wildman–Crippen LogP) is 1.71. The SMILES string of the molecule is CN(C)CCOc1cnc(C(C)(C)C)nc1. The molecule has 0 aliphatic rings. The van der Waals surface area contributed by atoms with E-state index in [4.69, 9.17) is 4.74 Å². The number of hydrogen-bond acceptors (Lipinski definition) is 4. The Morgan fingerprint density at radius 3 is 2.19 bits per heavy atom.